The fourth-order valence-corrected chi connectivity index (χ4v) is 0.354. The normalized spacial score (nSPS) is 10.1. The summed E-state index contributed by atoms with van der Waals surface area (Å²) in [6.45, 7) is 5.29. The highest BCUT2D eigenvalue weighted by molar-refractivity contribution is 5.97. The van der Waals surface area contributed by atoms with Gasteiger partial charge in [-0.05, 0) is 12.3 Å². The number of hydrogen-bond acceptors (Lipinski definition) is 1. The highest BCUT2D eigenvalue weighted by Crippen LogP contribution is 1.96. The lowest BCUT2D eigenvalue weighted by atomic mass is 10.1. The molecule has 0 aliphatic carbocycles. The summed E-state index contributed by atoms with van der Waals surface area (Å²) in [5.74, 6) is 0.778. The second kappa shape index (κ2) is 4.19. The van der Waals surface area contributed by atoms with E-state index in [0.717, 1.165) is 12.5 Å². The summed E-state index contributed by atoms with van der Waals surface area (Å²) in [5, 5.41) is 0. The largest absolute Gasteiger partial charge is 0.444 e. The smallest absolute Gasteiger partial charge is 0.257 e. The molecule has 0 aromatic heterocycles. The first-order valence-corrected chi connectivity index (χ1v) is 2.76. The van der Waals surface area contributed by atoms with Gasteiger partial charge in [0.1, 0.15) is 0 Å². The van der Waals surface area contributed by atoms with Crippen molar-refractivity contribution in [3.63, 3.8) is 0 Å². The zero-order valence-corrected chi connectivity index (χ0v) is 5.40. The van der Waals surface area contributed by atoms with Crippen molar-refractivity contribution >= 4 is 8.05 Å². The van der Waals surface area contributed by atoms with Crippen LogP contribution in [0, 0.1) is 5.92 Å². The van der Waals surface area contributed by atoms with Crippen molar-refractivity contribution in [3.8, 4) is 0 Å². The van der Waals surface area contributed by atoms with Gasteiger partial charge < -0.3 is 4.65 Å². The Morgan fingerprint density at radius 1 is 1.57 bits per heavy atom. The summed E-state index contributed by atoms with van der Waals surface area (Å²) in [4.78, 5) is 0. The molecule has 0 spiro atoms. The van der Waals surface area contributed by atoms with Crippen LogP contribution in [-0.2, 0) is 4.65 Å². The van der Waals surface area contributed by atoms with Gasteiger partial charge in [0.15, 0.2) is 0 Å². The minimum atomic E-state index is 0.778. The molecule has 0 fully saturated rings. The Bertz CT molecular complexity index is 37.1. The molecular weight excluding hydrogens is 86.9 g/mol. The SMILES string of the molecule is BOCCC(C)C. The van der Waals surface area contributed by atoms with Crippen LogP contribution in [0.5, 0.6) is 0 Å². The summed E-state index contributed by atoms with van der Waals surface area (Å²) in [6, 6.07) is 0. The van der Waals surface area contributed by atoms with Crippen LogP contribution in [0.15, 0.2) is 0 Å². The summed E-state index contributed by atoms with van der Waals surface area (Å²) in [6.07, 6.45) is 1.18. The van der Waals surface area contributed by atoms with Gasteiger partial charge >= 0.3 is 0 Å². The molecule has 42 valence electrons. The van der Waals surface area contributed by atoms with E-state index in [4.69, 9.17) is 4.65 Å². The van der Waals surface area contributed by atoms with Gasteiger partial charge in [0, 0.05) is 6.61 Å². The van der Waals surface area contributed by atoms with E-state index in [2.05, 4.69) is 13.8 Å². The maximum atomic E-state index is 4.85. The van der Waals surface area contributed by atoms with Crippen LogP contribution in [0.25, 0.3) is 0 Å². The van der Waals surface area contributed by atoms with Crippen LogP contribution in [0.1, 0.15) is 20.3 Å². The Balaban J connectivity index is 2.68. The van der Waals surface area contributed by atoms with Gasteiger partial charge in [-0.25, -0.2) is 0 Å². The van der Waals surface area contributed by atoms with Crippen LogP contribution in [0.4, 0.5) is 0 Å². The maximum absolute atomic E-state index is 4.85. The monoisotopic (exact) mass is 100 g/mol. The summed E-state index contributed by atoms with van der Waals surface area (Å²) >= 11 is 0. The summed E-state index contributed by atoms with van der Waals surface area (Å²) in [7, 11) is 1.74. The molecule has 0 radical (unpaired) electrons. The van der Waals surface area contributed by atoms with Gasteiger partial charge in [-0.2, -0.15) is 0 Å². The molecule has 0 aliphatic rings. The van der Waals surface area contributed by atoms with Crippen molar-refractivity contribution in [2.75, 3.05) is 6.61 Å². The number of hydrogen-bond donors (Lipinski definition) is 0. The Hall–Kier alpha value is 0.0249. The molecule has 0 atom stereocenters. The van der Waals surface area contributed by atoms with Crippen LogP contribution >= 0.6 is 0 Å². The lowest BCUT2D eigenvalue weighted by Gasteiger charge is -2.00. The average Bonchev–Trinajstić information content (AvgIpc) is 1.61. The van der Waals surface area contributed by atoms with Crippen LogP contribution < -0.4 is 0 Å². The molecule has 0 N–H and O–H groups in total. The molecule has 0 saturated carbocycles. The molecular formula is C5H13BO. The Kier molecular flexibility index (Phi) is 4.21. The van der Waals surface area contributed by atoms with Gasteiger partial charge in [-0.3, -0.25) is 0 Å². The van der Waals surface area contributed by atoms with Crippen molar-refractivity contribution in [1.82, 2.24) is 0 Å². The summed E-state index contributed by atoms with van der Waals surface area (Å²) in [5.41, 5.74) is 0. The minimum Gasteiger partial charge on any atom is -0.444 e. The van der Waals surface area contributed by atoms with Gasteiger partial charge in [-0.15, -0.1) is 0 Å². The molecule has 0 saturated heterocycles. The third kappa shape index (κ3) is 6.02. The van der Waals surface area contributed by atoms with Gasteiger partial charge in [0.2, 0.25) is 0 Å². The predicted octanol–water partition coefficient (Wildman–Crippen LogP) is 0.597. The molecule has 7 heavy (non-hydrogen) atoms. The molecule has 1 nitrogen and oxygen atoms in total. The fraction of sp³-hybridized carbons (Fsp3) is 1.00. The zero-order chi connectivity index (χ0) is 5.70. The molecule has 0 unspecified atom stereocenters. The Morgan fingerprint density at radius 3 is 2.29 bits per heavy atom. The molecule has 0 aromatic carbocycles. The van der Waals surface area contributed by atoms with E-state index in [1.807, 2.05) is 0 Å². The highest BCUT2D eigenvalue weighted by Gasteiger charge is 1.88. The van der Waals surface area contributed by atoms with Gasteiger partial charge in [-0.1, -0.05) is 13.8 Å². The second-order valence-corrected chi connectivity index (χ2v) is 2.18. The van der Waals surface area contributed by atoms with Gasteiger partial charge in [0.25, 0.3) is 8.05 Å². The van der Waals surface area contributed by atoms with E-state index in [-0.39, 0.29) is 0 Å². The highest BCUT2D eigenvalue weighted by atomic mass is 16.4. The first-order valence-electron chi connectivity index (χ1n) is 2.76. The molecule has 0 bridgehead atoms. The van der Waals surface area contributed by atoms with Crippen molar-refractivity contribution in [2.45, 2.75) is 20.3 Å². The van der Waals surface area contributed by atoms with Gasteiger partial charge in [0.05, 0.1) is 0 Å². The van der Waals surface area contributed by atoms with Crippen molar-refractivity contribution in [2.24, 2.45) is 5.92 Å². The maximum Gasteiger partial charge on any atom is 0.257 e. The molecule has 0 aliphatic heterocycles. The molecule has 2 heteroatoms. The predicted molar refractivity (Wildman–Crippen MR) is 34.0 cm³/mol. The summed E-state index contributed by atoms with van der Waals surface area (Å²) < 4.78 is 4.85. The van der Waals surface area contributed by atoms with Crippen LogP contribution in [-0.4, -0.2) is 14.7 Å². The van der Waals surface area contributed by atoms with Crippen molar-refractivity contribution < 1.29 is 4.65 Å². The average molecular weight is 100.0 g/mol. The van der Waals surface area contributed by atoms with Crippen LogP contribution in [0.2, 0.25) is 0 Å². The third-order valence-electron chi connectivity index (χ3n) is 0.899. The van der Waals surface area contributed by atoms with Crippen LogP contribution in [0.3, 0.4) is 0 Å². The van der Waals surface area contributed by atoms with Crippen molar-refractivity contribution in [3.05, 3.63) is 0 Å². The first kappa shape index (κ1) is 7.02. The minimum absolute atomic E-state index is 0.778. The zero-order valence-electron chi connectivity index (χ0n) is 5.40. The van der Waals surface area contributed by atoms with E-state index in [1.54, 1.807) is 8.05 Å². The molecule has 0 amide bonds. The third-order valence-corrected chi connectivity index (χ3v) is 0.899. The van der Waals surface area contributed by atoms with E-state index in [1.165, 1.54) is 6.42 Å². The molecule has 0 aromatic rings. The standard InChI is InChI=1S/C5H13BO/c1-5(2)3-4-7-6/h5H,3-4,6H2,1-2H3. The van der Waals surface area contributed by atoms with E-state index in [0.29, 0.717) is 0 Å². The van der Waals surface area contributed by atoms with E-state index >= 15 is 0 Å². The van der Waals surface area contributed by atoms with E-state index in [9.17, 15) is 0 Å². The lowest BCUT2D eigenvalue weighted by Crippen LogP contribution is -1.94. The quantitative estimate of drug-likeness (QED) is 0.472. The fourth-order valence-electron chi connectivity index (χ4n) is 0.354. The molecule has 0 rings (SSSR count). The first-order chi connectivity index (χ1) is 3.27. The van der Waals surface area contributed by atoms with Crippen molar-refractivity contribution in [1.29, 1.82) is 0 Å². The topological polar surface area (TPSA) is 9.23 Å². The number of rotatable bonds is 3. The Labute approximate surface area is 46.5 Å². The molecule has 0 heterocycles. The Morgan fingerprint density at radius 2 is 2.14 bits per heavy atom. The lowest BCUT2D eigenvalue weighted by molar-refractivity contribution is 0.315. The second-order valence-electron chi connectivity index (χ2n) is 2.18. The van der Waals surface area contributed by atoms with E-state index < -0.39 is 0 Å².